The highest BCUT2D eigenvalue weighted by atomic mass is 35.5. The first kappa shape index (κ1) is 18.9. The average Bonchev–Trinajstić information content (AvgIpc) is 3.10. The number of amides is 1. The summed E-state index contributed by atoms with van der Waals surface area (Å²) in [6, 6.07) is 3.34. The summed E-state index contributed by atoms with van der Waals surface area (Å²) in [5.74, 6) is 0.891. The number of ether oxygens (including phenoxy) is 3. The zero-order chi connectivity index (χ0) is 17.5. The van der Waals surface area contributed by atoms with Gasteiger partial charge in [0.05, 0.1) is 24.8 Å². The number of likely N-dealkylation sites (N-methyl/N-ethyl adjacent to an activating group) is 1. The normalized spacial score (nSPS) is 16.9. The van der Waals surface area contributed by atoms with Crippen molar-refractivity contribution in [3.63, 3.8) is 0 Å². The van der Waals surface area contributed by atoms with Gasteiger partial charge in [-0.25, -0.2) is 0 Å². The van der Waals surface area contributed by atoms with Crippen molar-refractivity contribution >= 4 is 17.5 Å². The van der Waals surface area contributed by atoms with Gasteiger partial charge in [0.2, 0.25) is 0 Å². The predicted octanol–water partition coefficient (Wildman–Crippen LogP) is 3.78. The summed E-state index contributed by atoms with van der Waals surface area (Å²) in [5.41, 5.74) is 0.501. The quantitative estimate of drug-likeness (QED) is 0.712. The standard InChI is InChI=1S/C18H26ClNO4/c1-4-8-24-17-15(19)10-13(11-16(17)22-3)18(21)20(5-2)12-14-7-6-9-23-14/h10-11,14H,4-9,12H2,1-3H3. The lowest BCUT2D eigenvalue weighted by atomic mass is 10.1. The Morgan fingerprint density at radius 3 is 2.79 bits per heavy atom. The molecule has 5 nitrogen and oxygen atoms in total. The highest BCUT2D eigenvalue weighted by molar-refractivity contribution is 6.32. The Bertz CT molecular complexity index is 558. The predicted molar refractivity (Wildman–Crippen MR) is 94.3 cm³/mol. The van der Waals surface area contributed by atoms with Crippen LogP contribution in [-0.2, 0) is 4.74 Å². The summed E-state index contributed by atoms with van der Waals surface area (Å²) in [5, 5.41) is 0.388. The number of halogens is 1. The molecule has 0 aromatic heterocycles. The van der Waals surface area contributed by atoms with Crippen LogP contribution in [0.5, 0.6) is 11.5 Å². The Labute approximate surface area is 148 Å². The van der Waals surface area contributed by atoms with Crippen LogP contribution >= 0.6 is 11.6 Å². The Morgan fingerprint density at radius 2 is 2.21 bits per heavy atom. The van der Waals surface area contributed by atoms with Gasteiger partial charge in [-0.2, -0.15) is 0 Å². The fraction of sp³-hybridized carbons (Fsp3) is 0.611. The summed E-state index contributed by atoms with van der Waals surface area (Å²) < 4.78 is 16.6. The molecule has 1 fully saturated rings. The highest BCUT2D eigenvalue weighted by Crippen LogP contribution is 2.37. The maximum absolute atomic E-state index is 12.8. The van der Waals surface area contributed by atoms with Crippen LogP contribution in [0.2, 0.25) is 5.02 Å². The molecule has 24 heavy (non-hydrogen) atoms. The number of rotatable bonds is 8. The van der Waals surface area contributed by atoms with Crippen LogP contribution in [-0.4, -0.2) is 50.3 Å². The van der Waals surface area contributed by atoms with Crippen LogP contribution in [0.4, 0.5) is 0 Å². The number of carbonyl (C=O) groups is 1. The molecule has 1 atom stereocenters. The topological polar surface area (TPSA) is 48.0 Å². The SMILES string of the molecule is CCCOc1c(Cl)cc(C(=O)N(CC)CC2CCCO2)cc1OC. The number of benzene rings is 1. The number of carbonyl (C=O) groups excluding carboxylic acids is 1. The lowest BCUT2D eigenvalue weighted by Gasteiger charge is -2.24. The van der Waals surface area contributed by atoms with Crippen LogP contribution in [0.1, 0.15) is 43.5 Å². The third kappa shape index (κ3) is 4.54. The van der Waals surface area contributed by atoms with E-state index in [4.69, 9.17) is 25.8 Å². The van der Waals surface area contributed by atoms with Gasteiger partial charge in [-0.05, 0) is 38.3 Å². The summed E-state index contributed by atoms with van der Waals surface area (Å²) in [4.78, 5) is 14.6. The molecule has 2 rings (SSSR count). The van der Waals surface area contributed by atoms with Gasteiger partial charge in [0.1, 0.15) is 0 Å². The molecule has 0 saturated carbocycles. The maximum atomic E-state index is 12.8. The second-order valence-electron chi connectivity index (χ2n) is 5.82. The molecule has 1 amide bonds. The van der Waals surface area contributed by atoms with Gasteiger partial charge < -0.3 is 19.1 Å². The second kappa shape index (κ2) is 9.14. The van der Waals surface area contributed by atoms with E-state index in [2.05, 4.69) is 0 Å². The molecule has 1 aliphatic rings. The van der Waals surface area contributed by atoms with Crippen molar-refractivity contribution in [3.05, 3.63) is 22.7 Å². The molecule has 134 valence electrons. The fourth-order valence-corrected chi connectivity index (χ4v) is 3.03. The van der Waals surface area contributed by atoms with Gasteiger partial charge in [-0.15, -0.1) is 0 Å². The minimum atomic E-state index is -0.0739. The Kier molecular flexibility index (Phi) is 7.18. The van der Waals surface area contributed by atoms with Gasteiger partial charge in [0, 0.05) is 25.3 Å². The minimum Gasteiger partial charge on any atom is -0.493 e. The maximum Gasteiger partial charge on any atom is 0.254 e. The molecule has 1 heterocycles. The van der Waals surface area contributed by atoms with Gasteiger partial charge in [0.25, 0.3) is 5.91 Å². The molecule has 1 unspecified atom stereocenters. The van der Waals surface area contributed by atoms with Crippen molar-refractivity contribution in [2.45, 2.75) is 39.2 Å². The van der Waals surface area contributed by atoms with Crippen LogP contribution < -0.4 is 9.47 Å². The number of hydrogen-bond acceptors (Lipinski definition) is 4. The molecular formula is C18H26ClNO4. The molecule has 1 aromatic carbocycles. The Hall–Kier alpha value is -1.46. The summed E-state index contributed by atoms with van der Waals surface area (Å²) in [7, 11) is 1.54. The Morgan fingerprint density at radius 1 is 1.42 bits per heavy atom. The lowest BCUT2D eigenvalue weighted by Crippen LogP contribution is -2.37. The summed E-state index contributed by atoms with van der Waals surface area (Å²) in [6.45, 7) is 6.52. The van der Waals surface area contributed by atoms with E-state index in [1.165, 1.54) is 0 Å². The highest BCUT2D eigenvalue weighted by Gasteiger charge is 2.24. The van der Waals surface area contributed by atoms with Crippen molar-refractivity contribution in [2.75, 3.05) is 33.4 Å². The first-order chi connectivity index (χ1) is 11.6. The molecule has 1 aromatic rings. The monoisotopic (exact) mass is 355 g/mol. The van der Waals surface area contributed by atoms with E-state index >= 15 is 0 Å². The molecular weight excluding hydrogens is 330 g/mol. The average molecular weight is 356 g/mol. The van der Waals surface area contributed by atoms with Crippen molar-refractivity contribution in [1.82, 2.24) is 4.90 Å². The van der Waals surface area contributed by atoms with Gasteiger partial charge in [-0.3, -0.25) is 4.79 Å². The molecule has 1 saturated heterocycles. The third-order valence-electron chi connectivity index (χ3n) is 4.04. The zero-order valence-electron chi connectivity index (χ0n) is 14.6. The van der Waals surface area contributed by atoms with E-state index in [9.17, 15) is 4.79 Å². The smallest absolute Gasteiger partial charge is 0.254 e. The molecule has 0 radical (unpaired) electrons. The van der Waals surface area contributed by atoms with Crippen molar-refractivity contribution < 1.29 is 19.0 Å². The molecule has 1 aliphatic heterocycles. The minimum absolute atomic E-state index is 0.0739. The molecule has 0 aliphatic carbocycles. The van der Waals surface area contributed by atoms with Crippen molar-refractivity contribution in [2.24, 2.45) is 0 Å². The van der Waals surface area contributed by atoms with Gasteiger partial charge >= 0.3 is 0 Å². The summed E-state index contributed by atoms with van der Waals surface area (Å²) >= 11 is 6.31. The molecule has 6 heteroatoms. The number of methoxy groups -OCH3 is 1. The van der Waals surface area contributed by atoms with Crippen LogP contribution in [0, 0.1) is 0 Å². The largest absolute Gasteiger partial charge is 0.493 e. The van der Waals surface area contributed by atoms with Crippen molar-refractivity contribution in [1.29, 1.82) is 0 Å². The van der Waals surface area contributed by atoms with E-state index in [-0.39, 0.29) is 12.0 Å². The van der Waals surface area contributed by atoms with Gasteiger partial charge in [-0.1, -0.05) is 18.5 Å². The van der Waals surface area contributed by atoms with E-state index in [0.29, 0.717) is 41.8 Å². The van der Waals surface area contributed by atoms with E-state index < -0.39 is 0 Å². The van der Waals surface area contributed by atoms with E-state index in [1.807, 2.05) is 13.8 Å². The number of hydrogen-bond donors (Lipinski definition) is 0. The van der Waals surface area contributed by atoms with Crippen LogP contribution in [0.3, 0.4) is 0 Å². The molecule has 0 bridgehead atoms. The third-order valence-corrected chi connectivity index (χ3v) is 4.32. The summed E-state index contributed by atoms with van der Waals surface area (Å²) in [6.07, 6.45) is 3.04. The van der Waals surface area contributed by atoms with E-state index in [1.54, 1.807) is 24.1 Å². The number of nitrogens with zero attached hydrogens (tertiary/aromatic N) is 1. The fourth-order valence-electron chi connectivity index (χ4n) is 2.76. The zero-order valence-corrected chi connectivity index (χ0v) is 15.4. The first-order valence-electron chi connectivity index (χ1n) is 8.51. The van der Waals surface area contributed by atoms with Crippen LogP contribution in [0.15, 0.2) is 12.1 Å². The Balaban J connectivity index is 2.19. The van der Waals surface area contributed by atoms with E-state index in [0.717, 1.165) is 25.9 Å². The lowest BCUT2D eigenvalue weighted by molar-refractivity contribution is 0.0539. The second-order valence-corrected chi connectivity index (χ2v) is 6.22. The molecule has 0 spiro atoms. The first-order valence-corrected chi connectivity index (χ1v) is 8.89. The van der Waals surface area contributed by atoms with Gasteiger partial charge in [0.15, 0.2) is 11.5 Å². The van der Waals surface area contributed by atoms with Crippen molar-refractivity contribution in [3.8, 4) is 11.5 Å². The molecule has 0 N–H and O–H groups in total. The van der Waals surface area contributed by atoms with Crippen LogP contribution in [0.25, 0.3) is 0 Å².